The number of carbonyl (C=O) groups excluding carboxylic acids is 1. The van der Waals surface area contributed by atoms with Crippen LogP contribution in [0.4, 0.5) is 0 Å². The standard InChI is InChI=1S/C31H40N6O4/c1-2-31(40)25-17-26-28-23(19-37(26)29(38)24(25)20-41-30(31)39)16-21-8-5-9-22(27(21)36-28)18-35-15-7-14-34-12-4-3-11-33-13-6-10-32/h5,8-9,16-18,33-34,40H,2-4,6-7,10-15,19-20,32H2,1H3/t31-/m0/s1. The number of nitrogens with one attached hydrogen (secondary N) is 2. The zero-order chi connectivity index (χ0) is 28.8. The Morgan fingerprint density at radius 1 is 1.12 bits per heavy atom. The summed E-state index contributed by atoms with van der Waals surface area (Å²) in [6.07, 6.45) is 6.25. The van der Waals surface area contributed by atoms with Crippen LogP contribution >= 0.6 is 0 Å². The van der Waals surface area contributed by atoms with Crippen molar-refractivity contribution in [3.05, 3.63) is 62.9 Å². The largest absolute Gasteiger partial charge is 0.458 e. The van der Waals surface area contributed by atoms with Gasteiger partial charge < -0.3 is 30.8 Å². The zero-order valence-electron chi connectivity index (χ0n) is 23.7. The second kappa shape index (κ2) is 13.0. The third kappa shape index (κ3) is 5.97. The number of benzene rings is 1. The molecule has 41 heavy (non-hydrogen) atoms. The Morgan fingerprint density at radius 2 is 1.88 bits per heavy atom. The molecule has 2 aromatic heterocycles. The molecule has 0 unspecified atom stereocenters. The lowest BCUT2D eigenvalue weighted by molar-refractivity contribution is -0.172. The maximum Gasteiger partial charge on any atom is 0.343 e. The minimum Gasteiger partial charge on any atom is -0.458 e. The number of para-hydroxylation sites is 1. The van der Waals surface area contributed by atoms with Crippen LogP contribution < -0.4 is 21.9 Å². The summed E-state index contributed by atoms with van der Waals surface area (Å²) in [6.45, 7) is 7.36. The lowest BCUT2D eigenvalue weighted by atomic mass is 9.86. The number of pyridine rings is 2. The van der Waals surface area contributed by atoms with Gasteiger partial charge in [0.25, 0.3) is 5.56 Å². The Morgan fingerprint density at radius 3 is 2.63 bits per heavy atom. The van der Waals surface area contributed by atoms with Gasteiger partial charge in [0.05, 0.1) is 29.0 Å². The van der Waals surface area contributed by atoms with E-state index in [0.29, 0.717) is 35.6 Å². The van der Waals surface area contributed by atoms with E-state index in [1.165, 1.54) is 0 Å². The molecule has 0 amide bonds. The van der Waals surface area contributed by atoms with Crippen molar-refractivity contribution in [3.8, 4) is 11.4 Å². The fourth-order valence-electron chi connectivity index (χ4n) is 5.57. The molecule has 0 saturated carbocycles. The number of fused-ring (bicyclic) bond motifs is 5. The van der Waals surface area contributed by atoms with Crippen LogP contribution in [-0.4, -0.2) is 66.1 Å². The molecule has 2 aliphatic rings. The van der Waals surface area contributed by atoms with Crippen LogP contribution in [0.5, 0.6) is 0 Å². The van der Waals surface area contributed by atoms with Gasteiger partial charge in [0.15, 0.2) is 5.60 Å². The van der Waals surface area contributed by atoms with Crippen LogP contribution in [0.1, 0.15) is 61.3 Å². The van der Waals surface area contributed by atoms with Crippen molar-refractivity contribution in [2.75, 3.05) is 39.3 Å². The Balaban J connectivity index is 1.26. The van der Waals surface area contributed by atoms with Gasteiger partial charge >= 0.3 is 5.97 Å². The van der Waals surface area contributed by atoms with Crippen LogP contribution in [0.2, 0.25) is 0 Å². The number of aromatic nitrogens is 2. The minimum atomic E-state index is -1.84. The summed E-state index contributed by atoms with van der Waals surface area (Å²) < 4.78 is 6.82. The molecule has 0 radical (unpaired) electrons. The maximum absolute atomic E-state index is 13.4. The molecule has 1 atom stereocenters. The summed E-state index contributed by atoms with van der Waals surface area (Å²) in [5.41, 5.74) is 7.99. The van der Waals surface area contributed by atoms with Gasteiger partial charge in [-0.1, -0.05) is 25.1 Å². The summed E-state index contributed by atoms with van der Waals surface area (Å²) in [4.78, 5) is 35.5. The monoisotopic (exact) mass is 560 g/mol. The maximum atomic E-state index is 13.4. The van der Waals surface area contributed by atoms with Gasteiger partial charge in [-0.15, -0.1) is 0 Å². The first-order valence-electron chi connectivity index (χ1n) is 14.7. The topological polar surface area (TPSA) is 144 Å². The number of nitrogens with zero attached hydrogens (tertiary/aromatic N) is 3. The van der Waals surface area contributed by atoms with Crippen molar-refractivity contribution in [3.63, 3.8) is 0 Å². The number of cyclic esters (lactones) is 1. The van der Waals surface area contributed by atoms with Gasteiger partial charge in [-0.25, -0.2) is 9.78 Å². The van der Waals surface area contributed by atoms with E-state index in [-0.39, 0.29) is 18.6 Å². The molecule has 2 aliphatic heterocycles. The highest BCUT2D eigenvalue weighted by Crippen LogP contribution is 2.38. The second-order valence-corrected chi connectivity index (χ2v) is 10.8. The fraction of sp³-hybridized carbons (Fsp3) is 0.484. The number of hydrogen-bond acceptors (Lipinski definition) is 9. The molecule has 10 nitrogen and oxygen atoms in total. The van der Waals surface area contributed by atoms with E-state index < -0.39 is 11.6 Å². The van der Waals surface area contributed by atoms with Crippen molar-refractivity contribution < 1.29 is 14.6 Å². The van der Waals surface area contributed by atoms with Crippen molar-refractivity contribution in [1.29, 1.82) is 0 Å². The molecule has 4 heterocycles. The number of esters is 1. The van der Waals surface area contributed by atoms with Gasteiger partial charge in [-0.2, -0.15) is 0 Å². The molecule has 5 N–H and O–H groups in total. The summed E-state index contributed by atoms with van der Waals surface area (Å²) >= 11 is 0. The lowest BCUT2D eigenvalue weighted by Crippen LogP contribution is -2.44. The summed E-state index contributed by atoms with van der Waals surface area (Å²) in [5, 5.41) is 19.0. The van der Waals surface area contributed by atoms with E-state index in [4.69, 9.17) is 15.5 Å². The molecule has 0 aliphatic carbocycles. The van der Waals surface area contributed by atoms with Crippen molar-refractivity contribution >= 4 is 23.1 Å². The number of unbranched alkanes of at least 4 members (excludes halogenated alkanes) is 1. The zero-order valence-corrected chi connectivity index (χ0v) is 23.7. The number of nitrogens with two attached hydrogens (primary N) is 1. The molecule has 5 rings (SSSR count). The third-order valence-electron chi connectivity index (χ3n) is 7.96. The molecular weight excluding hydrogens is 520 g/mol. The molecular formula is C31H40N6O4. The first-order chi connectivity index (χ1) is 20.0. The Bertz CT molecular complexity index is 1500. The Hall–Kier alpha value is -3.44. The number of carbonyl (C=O) groups is 1. The first-order valence-corrected chi connectivity index (χ1v) is 14.7. The van der Waals surface area contributed by atoms with Crippen molar-refractivity contribution in [2.45, 2.75) is 57.8 Å². The Kier molecular flexibility index (Phi) is 9.24. The molecule has 3 aromatic rings. The van der Waals surface area contributed by atoms with Crippen LogP contribution in [0.25, 0.3) is 22.3 Å². The highest BCUT2D eigenvalue weighted by Gasteiger charge is 2.45. The predicted molar refractivity (Wildman–Crippen MR) is 160 cm³/mol. The molecule has 10 heteroatoms. The summed E-state index contributed by atoms with van der Waals surface area (Å²) in [7, 11) is 0. The van der Waals surface area contributed by atoms with E-state index in [1.807, 2.05) is 24.4 Å². The van der Waals surface area contributed by atoms with Gasteiger partial charge in [-0.3, -0.25) is 9.79 Å². The molecule has 0 saturated heterocycles. The molecule has 218 valence electrons. The quantitative estimate of drug-likeness (QED) is 0.104. The third-order valence-corrected chi connectivity index (χ3v) is 7.96. The minimum absolute atomic E-state index is 0.114. The van der Waals surface area contributed by atoms with E-state index in [0.717, 1.165) is 80.4 Å². The number of hydrogen-bond donors (Lipinski definition) is 4. The van der Waals surface area contributed by atoms with E-state index in [9.17, 15) is 14.7 Å². The van der Waals surface area contributed by atoms with Crippen LogP contribution in [-0.2, 0) is 28.3 Å². The van der Waals surface area contributed by atoms with Gasteiger partial charge in [0.1, 0.15) is 6.61 Å². The fourth-order valence-corrected chi connectivity index (χ4v) is 5.57. The van der Waals surface area contributed by atoms with Crippen molar-refractivity contribution in [1.82, 2.24) is 20.2 Å². The van der Waals surface area contributed by atoms with Gasteiger partial charge in [0, 0.05) is 34.8 Å². The highest BCUT2D eigenvalue weighted by molar-refractivity contribution is 5.99. The van der Waals surface area contributed by atoms with E-state index >= 15 is 0 Å². The van der Waals surface area contributed by atoms with Crippen LogP contribution in [0.3, 0.4) is 0 Å². The number of ether oxygens (including phenoxy) is 1. The second-order valence-electron chi connectivity index (χ2n) is 10.8. The average Bonchev–Trinajstić information content (AvgIpc) is 3.34. The van der Waals surface area contributed by atoms with Gasteiger partial charge in [-0.05, 0) is 77.0 Å². The summed E-state index contributed by atoms with van der Waals surface area (Å²) in [5.74, 6) is -0.721. The first kappa shape index (κ1) is 29.1. The number of aliphatic hydroxyl groups is 1. The molecule has 0 bridgehead atoms. The Labute approximate surface area is 240 Å². The SMILES string of the molecule is CC[C@@]1(O)C(=O)OCc2c1cc1n(c2=O)Cc2cc3cccc(C=NCCCNCCCCNCCCN)c3nc2-1. The molecule has 0 spiro atoms. The van der Waals surface area contributed by atoms with E-state index in [1.54, 1.807) is 17.6 Å². The van der Waals surface area contributed by atoms with Crippen molar-refractivity contribution in [2.24, 2.45) is 10.7 Å². The predicted octanol–water partition coefficient (Wildman–Crippen LogP) is 2.20. The number of rotatable bonds is 14. The van der Waals surface area contributed by atoms with Gasteiger partial charge in [0.2, 0.25) is 0 Å². The average molecular weight is 561 g/mol. The lowest BCUT2D eigenvalue weighted by Gasteiger charge is -2.31. The number of aliphatic imine (C=N–C) groups is 1. The highest BCUT2D eigenvalue weighted by atomic mass is 16.6. The van der Waals surface area contributed by atoms with Crippen LogP contribution in [0, 0.1) is 0 Å². The normalized spacial score (nSPS) is 17.6. The molecule has 0 fully saturated rings. The van der Waals surface area contributed by atoms with Crippen LogP contribution in [0.15, 0.2) is 40.1 Å². The van der Waals surface area contributed by atoms with E-state index in [2.05, 4.69) is 21.7 Å². The molecule has 1 aromatic carbocycles. The smallest absolute Gasteiger partial charge is 0.343 e. The summed E-state index contributed by atoms with van der Waals surface area (Å²) in [6, 6.07) is 9.79.